The predicted molar refractivity (Wildman–Crippen MR) is 86.0 cm³/mol. The molecule has 3 heterocycles. The van der Waals surface area contributed by atoms with Crippen LogP contribution in [0.4, 0.5) is 0 Å². The molecule has 0 amide bonds. The molecule has 5 nitrogen and oxygen atoms in total. The number of oxime groups is 1. The van der Waals surface area contributed by atoms with E-state index in [1.165, 1.54) is 22.0 Å². The van der Waals surface area contributed by atoms with Crippen LogP contribution in [0.3, 0.4) is 0 Å². The molecule has 1 atom stereocenters. The fourth-order valence-corrected chi connectivity index (χ4v) is 3.51. The maximum absolute atomic E-state index is 5.49. The van der Waals surface area contributed by atoms with Crippen molar-refractivity contribution in [3.63, 3.8) is 0 Å². The van der Waals surface area contributed by atoms with Gasteiger partial charge in [-0.1, -0.05) is 11.2 Å². The molecule has 1 fully saturated rings. The number of rotatable bonds is 2. The van der Waals surface area contributed by atoms with Crippen LogP contribution < -0.4 is 5.32 Å². The molecular formula is C17H21N3O2. The molecule has 1 aromatic carbocycles. The Morgan fingerprint density at radius 3 is 2.91 bits per heavy atom. The molecule has 22 heavy (non-hydrogen) atoms. The van der Waals surface area contributed by atoms with Crippen molar-refractivity contribution in [1.29, 1.82) is 0 Å². The molecule has 2 aromatic rings. The van der Waals surface area contributed by atoms with Gasteiger partial charge in [-0.15, -0.1) is 0 Å². The van der Waals surface area contributed by atoms with Gasteiger partial charge in [0.05, 0.1) is 6.04 Å². The van der Waals surface area contributed by atoms with Crippen molar-refractivity contribution >= 4 is 17.2 Å². The van der Waals surface area contributed by atoms with Crippen LogP contribution in [0, 0.1) is 0 Å². The molecule has 5 heteroatoms. The van der Waals surface area contributed by atoms with Crippen LogP contribution in [0.5, 0.6) is 0 Å². The van der Waals surface area contributed by atoms with Gasteiger partial charge < -0.3 is 19.5 Å². The van der Waals surface area contributed by atoms with Gasteiger partial charge in [0, 0.05) is 42.9 Å². The third-order valence-corrected chi connectivity index (χ3v) is 4.76. The number of hydrogen-bond donors (Lipinski definition) is 1. The second-order valence-electron chi connectivity index (χ2n) is 6.11. The van der Waals surface area contributed by atoms with Crippen LogP contribution in [0.2, 0.25) is 0 Å². The molecule has 2 aliphatic rings. The zero-order valence-electron chi connectivity index (χ0n) is 12.8. The normalized spacial score (nSPS) is 22.5. The van der Waals surface area contributed by atoms with E-state index in [0.717, 1.165) is 26.1 Å². The molecule has 4 rings (SSSR count). The summed E-state index contributed by atoms with van der Waals surface area (Å²) < 4.78 is 7.67. The summed E-state index contributed by atoms with van der Waals surface area (Å²) in [5, 5.41) is 8.37. The summed E-state index contributed by atoms with van der Waals surface area (Å²) in [4.78, 5) is 5.22. The van der Waals surface area contributed by atoms with E-state index in [1.54, 1.807) is 6.34 Å². The van der Waals surface area contributed by atoms with Crippen LogP contribution in [0.25, 0.3) is 10.9 Å². The van der Waals surface area contributed by atoms with Gasteiger partial charge in [0.2, 0.25) is 0 Å². The molecule has 0 saturated carbocycles. The van der Waals surface area contributed by atoms with E-state index in [2.05, 4.69) is 46.5 Å². The van der Waals surface area contributed by atoms with Gasteiger partial charge >= 0.3 is 0 Å². The number of aryl methyl sites for hydroxylation is 1. The Morgan fingerprint density at radius 1 is 1.27 bits per heavy atom. The van der Waals surface area contributed by atoms with Gasteiger partial charge in [-0.25, -0.2) is 0 Å². The highest BCUT2D eigenvalue weighted by Crippen LogP contribution is 2.33. The molecule has 0 aliphatic carbocycles. The summed E-state index contributed by atoms with van der Waals surface area (Å²) in [6.07, 6.45) is 6.06. The van der Waals surface area contributed by atoms with Crippen molar-refractivity contribution < 1.29 is 9.57 Å². The van der Waals surface area contributed by atoms with Gasteiger partial charge in [-0.2, -0.15) is 0 Å². The van der Waals surface area contributed by atoms with Crippen LogP contribution in [-0.4, -0.2) is 30.7 Å². The van der Waals surface area contributed by atoms with Crippen molar-refractivity contribution in [2.24, 2.45) is 12.2 Å². The summed E-state index contributed by atoms with van der Waals surface area (Å²) in [7, 11) is 2.09. The van der Waals surface area contributed by atoms with Crippen molar-refractivity contribution in [2.45, 2.75) is 24.8 Å². The molecule has 1 N–H and O–H groups in total. The van der Waals surface area contributed by atoms with Crippen molar-refractivity contribution in [2.75, 3.05) is 19.8 Å². The first-order valence-corrected chi connectivity index (χ1v) is 7.89. The second-order valence-corrected chi connectivity index (χ2v) is 6.11. The van der Waals surface area contributed by atoms with Crippen molar-refractivity contribution in [1.82, 2.24) is 9.88 Å². The van der Waals surface area contributed by atoms with E-state index in [1.807, 2.05) is 0 Å². The molecule has 1 unspecified atom stereocenters. The van der Waals surface area contributed by atoms with Crippen molar-refractivity contribution in [3.8, 4) is 0 Å². The Labute approximate surface area is 129 Å². The average Bonchev–Trinajstić information content (AvgIpc) is 2.93. The smallest absolute Gasteiger partial charge is 0.141 e. The number of hydrogen-bond acceptors (Lipinski definition) is 4. The van der Waals surface area contributed by atoms with E-state index in [0.29, 0.717) is 12.5 Å². The van der Waals surface area contributed by atoms with E-state index >= 15 is 0 Å². The highest BCUT2D eigenvalue weighted by Gasteiger charge is 2.21. The molecule has 0 radical (unpaired) electrons. The Morgan fingerprint density at radius 2 is 2.14 bits per heavy atom. The number of ether oxygens (including phenoxy) is 1. The molecule has 1 saturated heterocycles. The minimum absolute atomic E-state index is 0.158. The monoisotopic (exact) mass is 299 g/mol. The largest absolute Gasteiger partial charge is 0.392 e. The zero-order valence-corrected chi connectivity index (χ0v) is 12.8. The Hall–Kier alpha value is -2.01. The molecule has 116 valence electrons. The third kappa shape index (κ3) is 2.35. The van der Waals surface area contributed by atoms with E-state index in [-0.39, 0.29) is 6.04 Å². The molecular weight excluding hydrogens is 278 g/mol. The lowest BCUT2D eigenvalue weighted by Crippen LogP contribution is -2.27. The van der Waals surface area contributed by atoms with E-state index in [4.69, 9.17) is 9.57 Å². The lowest BCUT2D eigenvalue weighted by Gasteiger charge is -2.23. The summed E-state index contributed by atoms with van der Waals surface area (Å²) >= 11 is 0. The number of nitrogens with zero attached hydrogens (tertiary/aromatic N) is 2. The zero-order chi connectivity index (χ0) is 14.9. The minimum Gasteiger partial charge on any atom is -0.392 e. The summed E-state index contributed by atoms with van der Waals surface area (Å²) in [5.74, 6) is 0.614. The second kappa shape index (κ2) is 5.65. The third-order valence-electron chi connectivity index (χ3n) is 4.76. The fourth-order valence-electron chi connectivity index (χ4n) is 3.51. The van der Waals surface area contributed by atoms with Gasteiger partial charge in [-0.05, 0) is 36.5 Å². The highest BCUT2D eigenvalue weighted by atomic mass is 16.6. The van der Waals surface area contributed by atoms with E-state index < -0.39 is 0 Å². The van der Waals surface area contributed by atoms with Gasteiger partial charge in [0.25, 0.3) is 0 Å². The van der Waals surface area contributed by atoms with Gasteiger partial charge in [0.15, 0.2) is 0 Å². The van der Waals surface area contributed by atoms with Gasteiger partial charge in [0.1, 0.15) is 12.9 Å². The Bertz CT molecular complexity index is 701. The number of benzene rings is 1. The predicted octanol–water partition coefficient (Wildman–Crippen LogP) is 2.68. The maximum atomic E-state index is 5.49. The molecule has 2 aliphatic heterocycles. The Balaban J connectivity index is 1.74. The van der Waals surface area contributed by atoms with Crippen LogP contribution >= 0.6 is 0 Å². The lowest BCUT2D eigenvalue weighted by atomic mass is 9.90. The first kappa shape index (κ1) is 13.6. The number of fused-ring (bicyclic) bond motifs is 1. The van der Waals surface area contributed by atoms with Crippen LogP contribution in [0.1, 0.15) is 35.9 Å². The Kier molecular flexibility index (Phi) is 3.50. The number of aromatic nitrogens is 1. The molecule has 0 bridgehead atoms. The SMILES string of the molecule is Cn1cc(C2CON=CN2)c2cc(C3CCOCC3)ccc21. The summed E-state index contributed by atoms with van der Waals surface area (Å²) in [5.41, 5.74) is 3.96. The quantitative estimate of drug-likeness (QED) is 0.927. The van der Waals surface area contributed by atoms with Crippen molar-refractivity contribution in [3.05, 3.63) is 35.5 Å². The number of nitrogens with one attached hydrogen (secondary N) is 1. The first-order valence-electron chi connectivity index (χ1n) is 7.89. The highest BCUT2D eigenvalue weighted by molar-refractivity contribution is 5.85. The fraction of sp³-hybridized carbons (Fsp3) is 0.471. The van der Waals surface area contributed by atoms with Crippen LogP contribution in [-0.2, 0) is 16.6 Å². The van der Waals surface area contributed by atoms with E-state index in [9.17, 15) is 0 Å². The topological polar surface area (TPSA) is 47.8 Å². The standard InChI is InChI=1S/C17H21N3O2/c1-20-9-15(16-10-22-19-11-18-16)14-8-13(2-3-17(14)20)12-4-6-21-7-5-12/h2-3,8-9,11-12,16H,4-7,10H2,1H3,(H,18,19). The summed E-state index contributed by atoms with van der Waals surface area (Å²) in [6, 6.07) is 7.02. The van der Waals surface area contributed by atoms with Crippen LogP contribution in [0.15, 0.2) is 29.6 Å². The first-order chi connectivity index (χ1) is 10.8. The lowest BCUT2D eigenvalue weighted by molar-refractivity contribution is 0.0853. The molecule has 1 aromatic heterocycles. The summed E-state index contributed by atoms with van der Waals surface area (Å²) in [6.45, 7) is 2.31. The van der Waals surface area contributed by atoms with Gasteiger partial charge in [-0.3, -0.25) is 0 Å². The minimum atomic E-state index is 0.158. The maximum Gasteiger partial charge on any atom is 0.141 e. The average molecular weight is 299 g/mol. The molecule has 0 spiro atoms.